The number of carbonyl (C=O) groups is 1. The maximum Gasteiger partial charge on any atom is 0.407 e. The number of hydrogen-bond donors (Lipinski definition) is 3. The van der Waals surface area contributed by atoms with Gasteiger partial charge in [-0.2, -0.15) is 0 Å². The van der Waals surface area contributed by atoms with Crippen LogP contribution in [0.3, 0.4) is 0 Å². The molecule has 24 heavy (non-hydrogen) atoms. The highest BCUT2D eigenvalue weighted by atomic mass is 35.5. The second-order valence-electron chi connectivity index (χ2n) is 6.20. The molecule has 1 aromatic carbocycles. The summed E-state index contributed by atoms with van der Waals surface area (Å²) >= 11 is 5.70. The van der Waals surface area contributed by atoms with Gasteiger partial charge in [-0.1, -0.05) is 17.7 Å². The number of hydrogen-bond acceptors (Lipinski definition) is 6. The Bertz CT molecular complexity index is 602. The third-order valence-electron chi connectivity index (χ3n) is 2.98. The van der Waals surface area contributed by atoms with E-state index in [1.807, 2.05) is 0 Å². The summed E-state index contributed by atoms with van der Waals surface area (Å²) in [5.74, 6) is 0. The fourth-order valence-corrected chi connectivity index (χ4v) is 2.06. The lowest BCUT2D eigenvalue weighted by atomic mass is 10.0. The minimum atomic E-state index is -1.35. The number of carbonyl (C=O) groups excluding carboxylic acids is 1. The SMILES string of the molecule is CC(C)(C)OC(=O)NCCC(O)C(O)c1ccc(Cl)c([N+](=O)[O-])c1. The van der Waals surface area contributed by atoms with Gasteiger partial charge in [0, 0.05) is 12.6 Å². The van der Waals surface area contributed by atoms with Crippen LogP contribution >= 0.6 is 11.6 Å². The quantitative estimate of drug-likeness (QED) is 0.529. The van der Waals surface area contributed by atoms with Crippen molar-refractivity contribution >= 4 is 23.4 Å². The Morgan fingerprint density at radius 2 is 2.04 bits per heavy atom. The van der Waals surface area contributed by atoms with E-state index in [4.69, 9.17) is 16.3 Å². The van der Waals surface area contributed by atoms with Crippen LogP contribution in [-0.2, 0) is 4.74 Å². The number of aliphatic hydroxyl groups excluding tert-OH is 2. The molecule has 0 heterocycles. The number of nitrogens with one attached hydrogen (secondary N) is 1. The molecule has 0 aliphatic heterocycles. The van der Waals surface area contributed by atoms with Crippen LogP contribution in [0.15, 0.2) is 18.2 Å². The smallest absolute Gasteiger partial charge is 0.407 e. The summed E-state index contributed by atoms with van der Waals surface area (Å²) in [6.07, 6.45) is -3.16. The molecule has 0 aliphatic rings. The van der Waals surface area contributed by atoms with Crippen LogP contribution < -0.4 is 5.32 Å². The molecule has 0 bridgehead atoms. The molecular weight excluding hydrogens is 340 g/mol. The largest absolute Gasteiger partial charge is 0.444 e. The molecule has 0 spiro atoms. The summed E-state index contributed by atoms with van der Waals surface area (Å²) in [6.45, 7) is 5.23. The summed E-state index contributed by atoms with van der Waals surface area (Å²) in [4.78, 5) is 21.6. The Kier molecular flexibility index (Phi) is 6.94. The van der Waals surface area contributed by atoms with Crippen molar-refractivity contribution in [1.82, 2.24) is 5.32 Å². The van der Waals surface area contributed by atoms with Crippen molar-refractivity contribution in [3.8, 4) is 0 Å². The van der Waals surface area contributed by atoms with E-state index in [0.717, 1.165) is 6.07 Å². The van der Waals surface area contributed by atoms with E-state index in [2.05, 4.69) is 5.32 Å². The van der Waals surface area contributed by atoms with Gasteiger partial charge in [0.05, 0.1) is 11.0 Å². The van der Waals surface area contributed by atoms with Crippen LogP contribution in [0.5, 0.6) is 0 Å². The normalized spacial score (nSPS) is 13.9. The first-order valence-corrected chi connectivity index (χ1v) is 7.66. The van der Waals surface area contributed by atoms with E-state index in [0.29, 0.717) is 0 Å². The van der Waals surface area contributed by atoms with E-state index in [9.17, 15) is 25.1 Å². The minimum absolute atomic E-state index is 0.0385. The van der Waals surface area contributed by atoms with Gasteiger partial charge in [-0.3, -0.25) is 10.1 Å². The van der Waals surface area contributed by atoms with Gasteiger partial charge >= 0.3 is 6.09 Å². The van der Waals surface area contributed by atoms with Crippen molar-refractivity contribution in [1.29, 1.82) is 0 Å². The zero-order chi connectivity index (χ0) is 18.5. The predicted octanol–water partition coefficient (Wildman–Crippen LogP) is 2.56. The molecule has 2 unspecified atom stereocenters. The fraction of sp³-hybridized carbons (Fsp3) is 0.533. The van der Waals surface area contributed by atoms with E-state index in [1.54, 1.807) is 20.8 Å². The molecule has 9 heteroatoms. The Morgan fingerprint density at radius 3 is 2.58 bits per heavy atom. The van der Waals surface area contributed by atoms with Crippen molar-refractivity contribution in [2.24, 2.45) is 0 Å². The Morgan fingerprint density at radius 1 is 1.42 bits per heavy atom. The van der Waals surface area contributed by atoms with Gasteiger partial charge in [-0.05, 0) is 38.8 Å². The Labute approximate surface area is 144 Å². The summed E-state index contributed by atoms with van der Waals surface area (Å²) in [5, 5.41) is 33.3. The van der Waals surface area contributed by atoms with Crippen LogP contribution in [0.4, 0.5) is 10.5 Å². The van der Waals surface area contributed by atoms with Crippen molar-refractivity contribution in [3.63, 3.8) is 0 Å². The average Bonchev–Trinajstić information content (AvgIpc) is 2.44. The van der Waals surface area contributed by atoms with Gasteiger partial charge in [0.1, 0.15) is 16.7 Å². The molecule has 1 rings (SSSR count). The number of alkyl carbamates (subject to hydrolysis) is 1. The molecule has 2 atom stereocenters. The maximum absolute atomic E-state index is 11.5. The number of amides is 1. The van der Waals surface area contributed by atoms with Gasteiger partial charge in [-0.25, -0.2) is 4.79 Å². The molecule has 0 saturated heterocycles. The number of ether oxygens (including phenoxy) is 1. The van der Waals surface area contributed by atoms with Crippen molar-refractivity contribution < 1.29 is 24.7 Å². The van der Waals surface area contributed by atoms with E-state index >= 15 is 0 Å². The predicted molar refractivity (Wildman–Crippen MR) is 87.9 cm³/mol. The van der Waals surface area contributed by atoms with Crippen molar-refractivity contribution in [3.05, 3.63) is 38.9 Å². The summed E-state index contributed by atoms with van der Waals surface area (Å²) in [5.41, 5.74) is -0.826. The lowest BCUT2D eigenvalue weighted by Crippen LogP contribution is -2.34. The molecule has 134 valence electrons. The molecule has 1 aromatic rings. The lowest BCUT2D eigenvalue weighted by molar-refractivity contribution is -0.384. The molecule has 0 saturated carbocycles. The molecular formula is C15H21ClN2O6. The molecule has 0 aromatic heterocycles. The van der Waals surface area contributed by atoms with Gasteiger partial charge in [0.2, 0.25) is 0 Å². The van der Waals surface area contributed by atoms with Gasteiger partial charge in [0.25, 0.3) is 5.69 Å². The van der Waals surface area contributed by atoms with Crippen LogP contribution in [-0.4, -0.2) is 39.5 Å². The van der Waals surface area contributed by atoms with Crippen LogP contribution in [0.2, 0.25) is 5.02 Å². The van der Waals surface area contributed by atoms with E-state index in [-0.39, 0.29) is 29.2 Å². The number of rotatable bonds is 6. The fourth-order valence-electron chi connectivity index (χ4n) is 1.87. The number of halogens is 1. The third kappa shape index (κ3) is 6.31. The molecule has 1 amide bonds. The standard InChI is InChI=1S/C15H21ClN2O6/c1-15(2,3)24-14(21)17-7-6-12(19)13(20)9-4-5-10(16)11(8-9)18(22)23/h4-5,8,12-13,19-20H,6-7H2,1-3H3,(H,17,21). The molecule has 0 radical (unpaired) electrons. The summed E-state index contributed by atoms with van der Waals surface area (Å²) < 4.78 is 5.04. The Balaban J connectivity index is 2.59. The monoisotopic (exact) mass is 360 g/mol. The summed E-state index contributed by atoms with van der Waals surface area (Å²) in [7, 11) is 0. The zero-order valence-electron chi connectivity index (χ0n) is 13.7. The second-order valence-corrected chi connectivity index (χ2v) is 6.60. The topological polar surface area (TPSA) is 122 Å². The maximum atomic E-state index is 11.5. The number of nitro groups is 1. The average molecular weight is 361 g/mol. The van der Waals surface area contributed by atoms with E-state index < -0.39 is 28.8 Å². The number of benzene rings is 1. The number of nitrogens with zero attached hydrogens (tertiary/aromatic N) is 1. The van der Waals surface area contributed by atoms with Crippen LogP contribution in [0.25, 0.3) is 0 Å². The van der Waals surface area contributed by atoms with Crippen LogP contribution in [0.1, 0.15) is 38.9 Å². The first-order valence-electron chi connectivity index (χ1n) is 7.28. The van der Waals surface area contributed by atoms with Crippen molar-refractivity contribution in [2.45, 2.75) is 45.0 Å². The first-order chi connectivity index (χ1) is 11.0. The highest BCUT2D eigenvalue weighted by molar-refractivity contribution is 6.32. The highest BCUT2D eigenvalue weighted by Crippen LogP contribution is 2.29. The molecule has 8 nitrogen and oxygen atoms in total. The first kappa shape index (κ1) is 20.1. The van der Waals surface area contributed by atoms with Gasteiger partial charge < -0.3 is 20.3 Å². The molecule has 0 aliphatic carbocycles. The van der Waals surface area contributed by atoms with Crippen LogP contribution in [0, 0.1) is 10.1 Å². The molecule has 3 N–H and O–H groups in total. The number of nitro benzene ring substituents is 1. The zero-order valence-corrected chi connectivity index (χ0v) is 14.4. The van der Waals surface area contributed by atoms with E-state index in [1.165, 1.54) is 12.1 Å². The number of aliphatic hydroxyl groups is 2. The van der Waals surface area contributed by atoms with Crippen molar-refractivity contribution in [2.75, 3.05) is 6.54 Å². The highest BCUT2D eigenvalue weighted by Gasteiger charge is 2.23. The van der Waals surface area contributed by atoms with Gasteiger partial charge in [-0.15, -0.1) is 0 Å². The third-order valence-corrected chi connectivity index (χ3v) is 3.30. The second kappa shape index (κ2) is 8.27. The lowest BCUT2D eigenvalue weighted by Gasteiger charge is -2.21. The molecule has 0 fully saturated rings. The van der Waals surface area contributed by atoms with Gasteiger partial charge in [0.15, 0.2) is 0 Å². The summed E-state index contributed by atoms with van der Waals surface area (Å²) in [6, 6.07) is 3.78. The Hall–Kier alpha value is -1.90. The minimum Gasteiger partial charge on any atom is -0.444 e.